The smallest absolute Gasteiger partial charge is 0.251 e. The quantitative estimate of drug-likeness (QED) is 0.481. The van der Waals surface area contributed by atoms with Crippen LogP contribution in [0.2, 0.25) is 0 Å². The van der Waals surface area contributed by atoms with Crippen molar-refractivity contribution in [2.45, 2.75) is 44.1 Å². The van der Waals surface area contributed by atoms with Gasteiger partial charge >= 0.3 is 0 Å². The number of nitrogens with zero attached hydrogens (tertiary/aromatic N) is 4. The lowest BCUT2D eigenvalue weighted by atomic mass is 9.97. The van der Waals surface area contributed by atoms with Gasteiger partial charge in [-0.25, -0.2) is 4.99 Å². The number of dihydropyridines is 1. The second-order valence-corrected chi connectivity index (χ2v) is 9.41. The number of benzene rings is 1. The number of anilines is 1. The molecule has 4 aliphatic heterocycles. The Morgan fingerprint density at radius 3 is 2.86 bits per heavy atom. The molecule has 2 saturated heterocycles. The third-order valence-electron chi connectivity index (χ3n) is 6.78. The van der Waals surface area contributed by atoms with Crippen LogP contribution in [0.1, 0.15) is 36.0 Å². The molecule has 0 aliphatic carbocycles. The molecule has 10 heteroatoms. The molecule has 0 radical (unpaired) electrons. The number of ether oxygens (including phenoxy) is 1. The largest absolute Gasteiger partial charge is 0.379 e. The Balaban J connectivity index is 1.22. The second kappa shape index (κ2) is 11.5. The van der Waals surface area contributed by atoms with Gasteiger partial charge in [0.05, 0.1) is 25.3 Å². The molecule has 0 bridgehead atoms. The summed E-state index contributed by atoms with van der Waals surface area (Å²) < 4.78 is 5.42. The fourth-order valence-electron chi connectivity index (χ4n) is 4.77. The van der Waals surface area contributed by atoms with E-state index < -0.39 is 12.2 Å². The minimum Gasteiger partial charge on any atom is -0.379 e. The normalized spacial score (nSPS) is 26.3. The number of piperidine rings is 1. The van der Waals surface area contributed by atoms with Gasteiger partial charge in [0.2, 0.25) is 6.29 Å². The molecule has 1 aromatic carbocycles. The van der Waals surface area contributed by atoms with Crippen molar-refractivity contribution < 1.29 is 9.53 Å². The van der Waals surface area contributed by atoms with E-state index in [4.69, 9.17) is 9.73 Å². The highest BCUT2D eigenvalue weighted by atomic mass is 16.5. The average molecular weight is 489 g/mol. The molecule has 0 aromatic heterocycles. The minimum atomic E-state index is -0.503. The average Bonchev–Trinajstić information content (AvgIpc) is 3.43. The lowest BCUT2D eigenvalue weighted by molar-refractivity contribution is 0.0929. The predicted octanol–water partition coefficient (Wildman–Crippen LogP) is 1.64. The van der Waals surface area contributed by atoms with Gasteiger partial charge in [0.25, 0.3) is 5.91 Å². The van der Waals surface area contributed by atoms with Gasteiger partial charge in [0.15, 0.2) is 0 Å². The molecular weight excluding hydrogens is 456 g/mol. The van der Waals surface area contributed by atoms with Crippen LogP contribution in [0, 0.1) is 17.2 Å². The molecule has 188 valence electrons. The van der Waals surface area contributed by atoms with Crippen LogP contribution in [0.15, 0.2) is 50.9 Å². The van der Waals surface area contributed by atoms with Crippen LogP contribution in [0.4, 0.5) is 5.69 Å². The van der Waals surface area contributed by atoms with Crippen molar-refractivity contribution in [2.24, 2.45) is 20.9 Å². The summed E-state index contributed by atoms with van der Waals surface area (Å²) in [6.07, 6.45) is 6.68. The summed E-state index contributed by atoms with van der Waals surface area (Å²) in [7, 11) is 0. The number of amides is 1. The zero-order chi connectivity index (χ0) is 24.7. The molecule has 3 atom stereocenters. The van der Waals surface area contributed by atoms with Crippen LogP contribution < -0.4 is 21.3 Å². The van der Waals surface area contributed by atoms with Crippen LogP contribution in [0.25, 0.3) is 0 Å². The first-order valence-corrected chi connectivity index (χ1v) is 12.6. The third kappa shape index (κ3) is 5.98. The standard InChI is InChI=1S/C26H32N8O2/c27-14-18-12-19(15-30-24(18)31-22-7-11-36-16-22)23-6-10-29-26(34-23)33-21-3-1-2-17(13-21)25(35)32-20-4-8-28-9-5-20/h1-3,10,12-13,18,20,22,26,28,33H,4-9,11,15-16H2,(H,30,31)(H,32,35). The first-order chi connectivity index (χ1) is 17.7. The maximum atomic E-state index is 12.7. The second-order valence-electron chi connectivity index (χ2n) is 9.41. The van der Waals surface area contributed by atoms with Crippen molar-refractivity contribution in [3.05, 3.63) is 41.5 Å². The van der Waals surface area contributed by atoms with Crippen LogP contribution in [-0.4, -0.2) is 74.9 Å². The highest BCUT2D eigenvalue weighted by molar-refractivity contribution is 6.09. The number of nitriles is 1. The van der Waals surface area contributed by atoms with E-state index >= 15 is 0 Å². The molecule has 1 amide bonds. The Labute approximate surface area is 211 Å². The Hall–Kier alpha value is -3.55. The monoisotopic (exact) mass is 488 g/mol. The summed E-state index contributed by atoms with van der Waals surface area (Å²) in [5.41, 5.74) is 3.20. The molecule has 4 N–H and O–H groups in total. The van der Waals surface area contributed by atoms with Crippen molar-refractivity contribution in [1.82, 2.24) is 16.0 Å². The highest BCUT2D eigenvalue weighted by Crippen LogP contribution is 2.20. The Morgan fingerprint density at radius 2 is 2.06 bits per heavy atom. The van der Waals surface area contributed by atoms with Gasteiger partial charge in [-0.2, -0.15) is 5.26 Å². The first-order valence-electron chi connectivity index (χ1n) is 12.6. The van der Waals surface area contributed by atoms with Crippen molar-refractivity contribution in [3.63, 3.8) is 0 Å². The molecule has 2 fully saturated rings. The molecule has 4 heterocycles. The van der Waals surface area contributed by atoms with E-state index in [1.54, 1.807) is 0 Å². The van der Waals surface area contributed by atoms with E-state index in [0.29, 0.717) is 31.0 Å². The van der Waals surface area contributed by atoms with Gasteiger partial charge in [-0.3, -0.25) is 14.8 Å². The zero-order valence-corrected chi connectivity index (χ0v) is 20.2. The predicted molar refractivity (Wildman–Crippen MR) is 140 cm³/mol. The van der Waals surface area contributed by atoms with E-state index in [-0.39, 0.29) is 18.0 Å². The lowest BCUT2D eigenvalue weighted by Gasteiger charge is -2.24. The number of carbonyl (C=O) groups excluding carboxylic acids is 1. The summed E-state index contributed by atoms with van der Waals surface area (Å²) in [5.74, 6) is 0.205. The molecule has 0 saturated carbocycles. The number of carbonyl (C=O) groups is 1. The number of rotatable bonds is 6. The molecule has 36 heavy (non-hydrogen) atoms. The van der Waals surface area contributed by atoms with Crippen molar-refractivity contribution in [1.29, 1.82) is 5.26 Å². The summed E-state index contributed by atoms with van der Waals surface area (Å²) in [6.45, 7) is 3.71. The van der Waals surface area contributed by atoms with Crippen LogP contribution in [0.3, 0.4) is 0 Å². The maximum Gasteiger partial charge on any atom is 0.251 e. The van der Waals surface area contributed by atoms with Crippen LogP contribution in [-0.2, 0) is 4.74 Å². The molecular formula is C26H32N8O2. The van der Waals surface area contributed by atoms with E-state index in [1.807, 2.05) is 36.6 Å². The fraction of sp³-hybridized carbons (Fsp3) is 0.500. The molecule has 1 aromatic rings. The summed E-state index contributed by atoms with van der Waals surface area (Å²) in [5, 5.41) is 22.8. The van der Waals surface area contributed by atoms with E-state index in [0.717, 1.165) is 55.9 Å². The summed E-state index contributed by atoms with van der Waals surface area (Å²) in [6, 6.07) is 10.2. The molecule has 3 unspecified atom stereocenters. The Kier molecular flexibility index (Phi) is 7.69. The molecule has 4 aliphatic rings. The Morgan fingerprint density at radius 1 is 1.17 bits per heavy atom. The Bertz CT molecular complexity index is 1120. The summed E-state index contributed by atoms with van der Waals surface area (Å²) in [4.78, 5) is 26.6. The van der Waals surface area contributed by atoms with Gasteiger partial charge in [-0.1, -0.05) is 12.1 Å². The van der Waals surface area contributed by atoms with E-state index in [2.05, 4.69) is 37.3 Å². The summed E-state index contributed by atoms with van der Waals surface area (Å²) >= 11 is 0. The zero-order valence-electron chi connectivity index (χ0n) is 20.2. The van der Waals surface area contributed by atoms with Gasteiger partial charge < -0.3 is 26.0 Å². The van der Waals surface area contributed by atoms with E-state index in [1.165, 1.54) is 0 Å². The lowest BCUT2D eigenvalue weighted by Crippen LogP contribution is -2.42. The highest BCUT2D eigenvalue weighted by Gasteiger charge is 2.26. The molecule has 5 rings (SSSR count). The third-order valence-corrected chi connectivity index (χ3v) is 6.78. The van der Waals surface area contributed by atoms with Gasteiger partial charge in [-0.15, -0.1) is 0 Å². The van der Waals surface area contributed by atoms with Crippen LogP contribution in [0.5, 0.6) is 0 Å². The minimum absolute atomic E-state index is 0.0665. The van der Waals surface area contributed by atoms with Gasteiger partial charge in [0, 0.05) is 42.2 Å². The van der Waals surface area contributed by atoms with Gasteiger partial charge in [-0.05, 0) is 56.1 Å². The first kappa shape index (κ1) is 24.2. The maximum absolute atomic E-state index is 12.7. The van der Waals surface area contributed by atoms with Crippen molar-refractivity contribution in [3.8, 4) is 6.07 Å². The van der Waals surface area contributed by atoms with Crippen LogP contribution >= 0.6 is 0 Å². The molecule has 0 spiro atoms. The number of aliphatic imine (C=N–C) groups is 3. The topological polar surface area (TPSA) is 135 Å². The van der Waals surface area contributed by atoms with Gasteiger partial charge in [0.1, 0.15) is 11.8 Å². The fourth-order valence-corrected chi connectivity index (χ4v) is 4.77. The number of amidine groups is 1. The van der Waals surface area contributed by atoms with Crippen molar-refractivity contribution in [2.75, 3.05) is 38.2 Å². The number of nitrogens with one attached hydrogen (secondary N) is 4. The number of hydrogen-bond donors (Lipinski definition) is 4. The number of hydrogen-bond acceptors (Lipinski definition) is 9. The SMILES string of the molecule is N#CC1C=C(C2=NC(Nc3cccc(C(=O)NC4CCNCC4)c3)N=CC2)CN=C1NC1CCOC1. The van der Waals surface area contributed by atoms with Crippen molar-refractivity contribution >= 4 is 29.4 Å². The van der Waals surface area contributed by atoms with E-state index in [9.17, 15) is 10.1 Å². The molecule has 10 nitrogen and oxygen atoms in total.